The first-order valence-corrected chi connectivity index (χ1v) is 7.16. The number of hydrogen-bond donors (Lipinski definition) is 0. The Morgan fingerprint density at radius 1 is 0.438 bits per heavy atom. The van der Waals surface area contributed by atoms with Gasteiger partial charge in [0, 0.05) is 0 Å². The van der Waals surface area contributed by atoms with E-state index in [1.165, 1.54) is 12.8 Å². The third-order valence-electron chi connectivity index (χ3n) is 0. The molecule has 0 saturated carbocycles. The van der Waals surface area contributed by atoms with Crippen molar-refractivity contribution in [1.29, 1.82) is 0 Å². The summed E-state index contributed by atoms with van der Waals surface area (Å²) >= 11 is 0. The van der Waals surface area contributed by atoms with Crippen LogP contribution in [0, 0.1) is 12.8 Å². The molecule has 16 heavy (non-hydrogen) atoms. The minimum absolute atomic E-state index is 1.25. The number of rotatable bonds is 0. The molecule has 0 aromatic carbocycles. The molecule has 0 aliphatic carbocycles. The Morgan fingerprint density at radius 2 is 0.438 bits per heavy atom. The predicted octanol–water partition coefficient (Wildman–Crippen LogP) is 7.19. The van der Waals surface area contributed by atoms with Crippen molar-refractivity contribution in [2.45, 2.75) is 95.9 Å². The molecule has 0 aliphatic rings. The highest BCUT2D eigenvalue weighted by molar-refractivity contribution is 4.47. The van der Waals surface area contributed by atoms with Crippen molar-refractivity contribution in [3.8, 4) is 12.8 Å². The van der Waals surface area contributed by atoms with Gasteiger partial charge in [-0.1, -0.05) is 95.9 Å². The van der Waals surface area contributed by atoms with Crippen LogP contribution in [0.4, 0.5) is 0 Å². The van der Waals surface area contributed by atoms with Crippen molar-refractivity contribution in [2.75, 3.05) is 0 Å². The molecule has 0 atom stereocenters. The van der Waals surface area contributed by atoms with E-state index in [0.29, 0.717) is 0 Å². The monoisotopic (exact) mass is 234 g/mol. The molecule has 0 saturated heterocycles. The lowest BCUT2D eigenvalue weighted by atomic mass is 10.6. The summed E-state index contributed by atoms with van der Waals surface area (Å²) in [5, 5.41) is 0. The first-order valence-electron chi connectivity index (χ1n) is 7.16. The largest absolute Gasteiger partial charge is 0.124 e. The Bertz CT molecular complexity index is 16.5. The minimum Gasteiger partial charge on any atom is -0.124 e. The highest BCUT2D eigenvalue weighted by atomic mass is 13.4. The fraction of sp³-hybridized carbons (Fsp3) is 0.875. The highest BCUT2D eigenvalue weighted by Gasteiger charge is 1.36. The van der Waals surface area contributed by atoms with Crippen LogP contribution < -0.4 is 0 Å². The SMILES string of the molecule is C#C.CC.CC.CC.CC.CCC.CCC. The molecule has 0 N–H and O–H groups in total. The molecule has 0 spiro atoms. The average Bonchev–Trinajstić information content (AvgIpc) is 2.42. The molecule has 106 valence electrons. The molecule has 0 radical (unpaired) electrons. The highest BCUT2D eigenvalue weighted by Crippen LogP contribution is 1.56. The van der Waals surface area contributed by atoms with E-state index >= 15 is 0 Å². The van der Waals surface area contributed by atoms with Gasteiger partial charge in [0.05, 0.1) is 0 Å². The van der Waals surface area contributed by atoms with Crippen LogP contribution in [-0.4, -0.2) is 0 Å². The van der Waals surface area contributed by atoms with Gasteiger partial charge >= 0.3 is 0 Å². The molecule has 0 aromatic heterocycles. The van der Waals surface area contributed by atoms with E-state index in [0.717, 1.165) is 0 Å². The Balaban J connectivity index is -0.0000000120. The fourth-order valence-electron chi connectivity index (χ4n) is 0. The Kier molecular flexibility index (Phi) is 3100. The Morgan fingerprint density at radius 3 is 0.438 bits per heavy atom. The molecule has 0 rings (SSSR count). The van der Waals surface area contributed by atoms with Crippen LogP contribution in [0.3, 0.4) is 0 Å². The van der Waals surface area contributed by atoms with Gasteiger partial charge in [0.1, 0.15) is 0 Å². The molecule has 0 unspecified atom stereocenters. The zero-order valence-electron chi connectivity index (χ0n) is 14.6. The van der Waals surface area contributed by atoms with Gasteiger partial charge in [-0.05, 0) is 0 Å². The van der Waals surface area contributed by atoms with Crippen LogP contribution in [-0.2, 0) is 0 Å². The second-order valence-electron chi connectivity index (χ2n) is 1.41. The second-order valence-corrected chi connectivity index (χ2v) is 1.41. The van der Waals surface area contributed by atoms with Gasteiger partial charge in [0.25, 0.3) is 0 Å². The average molecular weight is 235 g/mol. The van der Waals surface area contributed by atoms with Gasteiger partial charge in [0.15, 0.2) is 0 Å². The molecular formula is C16H42. The van der Waals surface area contributed by atoms with Gasteiger partial charge < -0.3 is 0 Å². The predicted molar refractivity (Wildman–Crippen MR) is 87.2 cm³/mol. The van der Waals surface area contributed by atoms with E-state index in [9.17, 15) is 0 Å². The van der Waals surface area contributed by atoms with Crippen LogP contribution >= 0.6 is 0 Å². The summed E-state index contributed by atoms with van der Waals surface area (Å²) in [4.78, 5) is 0. The van der Waals surface area contributed by atoms with Crippen LogP contribution in [0.5, 0.6) is 0 Å². The van der Waals surface area contributed by atoms with Crippen molar-refractivity contribution in [1.82, 2.24) is 0 Å². The lowest BCUT2D eigenvalue weighted by Crippen LogP contribution is -1.27. The Labute approximate surface area is 109 Å². The third-order valence-corrected chi connectivity index (χ3v) is 0. The molecule has 0 bridgehead atoms. The van der Waals surface area contributed by atoms with E-state index in [1.54, 1.807) is 0 Å². The maximum Gasteiger partial charge on any atom is -0.0590 e. The van der Waals surface area contributed by atoms with E-state index in [1.807, 2.05) is 55.4 Å². The van der Waals surface area contributed by atoms with Crippen molar-refractivity contribution in [3.63, 3.8) is 0 Å². The molecule has 0 heterocycles. The summed E-state index contributed by atoms with van der Waals surface area (Å²) < 4.78 is 0. The van der Waals surface area contributed by atoms with E-state index in [-0.39, 0.29) is 0 Å². The zero-order chi connectivity index (χ0) is 15.4. The molecule has 0 nitrogen and oxygen atoms in total. The first-order chi connectivity index (χ1) is 7.83. The van der Waals surface area contributed by atoms with E-state index in [4.69, 9.17) is 0 Å². The van der Waals surface area contributed by atoms with E-state index in [2.05, 4.69) is 40.5 Å². The summed E-state index contributed by atoms with van der Waals surface area (Å²) in [5.41, 5.74) is 0. The zero-order valence-corrected chi connectivity index (χ0v) is 14.6. The van der Waals surface area contributed by atoms with Gasteiger partial charge in [-0.15, -0.1) is 12.8 Å². The standard InChI is InChI=1S/2C3H8.4C2H6.C2H2/c2*1-3-2;5*1-2/h2*3H2,1-2H3;4*1-2H3;1-2H. The summed E-state index contributed by atoms with van der Waals surface area (Å²) in [5.74, 6) is 0. The van der Waals surface area contributed by atoms with Crippen molar-refractivity contribution in [3.05, 3.63) is 0 Å². The first kappa shape index (κ1) is 45.0. The maximum atomic E-state index is 4.00. The van der Waals surface area contributed by atoms with Crippen LogP contribution in [0.2, 0.25) is 0 Å². The van der Waals surface area contributed by atoms with E-state index < -0.39 is 0 Å². The van der Waals surface area contributed by atoms with Crippen molar-refractivity contribution < 1.29 is 0 Å². The summed E-state index contributed by atoms with van der Waals surface area (Å²) in [6, 6.07) is 0. The normalized spacial score (nSPS) is 3.88. The van der Waals surface area contributed by atoms with Gasteiger partial charge in [0.2, 0.25) is 0 Å². The lowest BCUT2D eigenvalue weighted by molar-refractivity contribution is 1.09. The molecule has 0 aliphatic heterocycles. The van der Waals surface area contributed by atoms with Gasteiger partial charge in [-0.2, -0.15) is 0 Å². The number of terminal acetylenes is 1. The van der Waals surface area contributed by atoms with Crippen molar-refractivity contribution in [2.24, 2.45) is 0 Å². The quantitative estimate of drug-likeness (QED) is 0.389. The Hall–Kier alpha value is -0.440. The topological polar surface area (TPSA) is 0 Å². The molecule has 0 amide bonds. The minimum atomic E-state index is 1.25. The molecule has 0 heteroatoms. The lowest BCUT2D eigenvalue weighted by Gasteiger charge is -1.48. The van der Waals surface area contributed by atoms with Gasteiger partial charge in [-0.3, -0.25) is 0 Å². The molecule has 0 aromatic rings. The van der Waals surface area contributed by atoms with Crippen LogP contribution in [0.1, 0.15) is 95.9 Å². The summed E-state index contributed by atoms with van der Waals surface area (Å²) in [6.07, 6.45) is 10.5. The second kappa shape index (κ2) is 1100. The summed E-state index contributed by atoms with van der Waals surface area (Å²) in [7, 11) is 0. The smallest absolute Gasteiger partial charge is 0.0590 e. The number of hydrogen-bond acceptors (Lipinski definition) is 0. The van der Waals surface area contributed by atoms with Crippen LogP contribution in [0.25, 0.3) is 0 Å². The fourth-order valence-corrected chi connectivity index (χ4v) is 0. The maximum absolute atomic E-state index is 4.00. The molecular weight excluding hydrogens is 192 g/mol. The van der Waals surface area contributed by atoms with Crippen molar-refractivity contribution >= 4 is 0 Å². The van der Waals surface area contributed by atoms with Gasteiger partial charge in [-0.25, -0.2) is 0 Å². The van der Waals surface area contributed by atoms with Crippen LogP contribution in [0.15, 0.2) is 0 Å². The summed E-state index contributed by atoms with van der Waals surface area (Å²) in [6.45, 7) is 24.5. The third kappa shape index (κ3) is 11000. The molecule has 0 fully saturated rings.